The number of benzene rings is 1. The number of aromatic amines is 1. The van der Waals surface area contributed by atoms with Gasteiger partial charge in [0.25, 0.3) is 5.91 Å². The van der Waals surface area contributed by atoms with Crippen molar-refractivity contribution in [2.45, 2.75) is 6.10 Å². The van der Waals surface area contributed by atoms with Crippen molar-refractivity contribution in [1.82, 2.24) is 10.3 Å². The molecule has 1 aromatic heterocycles. The van der Waals surface area contributed by atoms with Crippen LogP contribution in [0.2, 0.25) is 0 Å². The molecule has 2 aliphatic rings. The number of carbonyl (C=O) groups excluding carboxylic acids is 1. The van der Waals surface area contributed by atoms with Gasteiger partial charge in [0.2, 0.25) is 0 Å². The van der Waals surface area contributed by atoms with Crippen molar-refractivity contribution in [1.29, 1.82) is 0 Å². The predicted molar refractivity (Wildman–Crippen MR) is 98.6 cm³/mol. The second kappa shape index (κ2) is 6.02. The summed E-state index contributed by atoms with van der Waals surface area (Å²) >= 11 is 0. The molecule has 0 bridgehead atoms. The minimum atomic E-state index is -0.166. The van der Waals surface area contributed by atoms with E-state index >= 15 is 0 Å². The van der Waals surface area contributed by atoms with E-state index in [4.69, 9.17) is 4.74 Å². The van der Waals surface area contributed by atoms with E-state index in [-0.39, 0.29) is 12.0 Å². The molecule has 0 saturated carbocycles. The Balaban J connectivity index is 1.67. The number of rotatable bonds is 3. The van der Waals surface area contributed by atoms with Gasteiger partial charge in [-0.05, 0) is 48.6 Å². The molecule has 0 radical (unpaired) electrons. The summed E-state index contributed by atoms with van der Waals surface area (Å²) < 4.78 is 6.03. The molecule has 1 unspecified atom stereocenters. The summed E-state index contributed by atoms with van der Waals surface area (Å²) in [6.45, 7) is 0. The molecule has 1 atom stereocenters. The number of hydrogen-bond acceptors (Lipinski definition) is 3. The van der Waals surface area contributed by atoms with Gasteiger partial charge in [0.05, 0.1) is 0 Å². The zero-order chi connectivity index (χ0) is 17.4. The molecule has 1 aromatic carbocycles. The number of H-pyrrole nitrogens is 1. The highest BCUT2D eigenvalue weighted by Gasteiger charge is 2.28. The number of amides is 1. The number of aromatic nitrogens is 1. The van der Waals surface area contributed by atoms with Crippen molar-refractivity contribution in [3.05, 3.63) is 77.8 Å². The lowest BCUT2D eigenvalue weighted by Gasteiger charge is -2.13. The average Bonchev–Trinajstić information content (AvgIpc) is 3.19. The number of hydrogen-bond donors (Lipinski definition) is 2. The number of allylic oxidation sites excluding steroid dienone is 3. The van der Waals surface area contributed by atoms with Gasteiger partial charge >= 0.3 is 0 Å². The van der Waals surface area contributed by atoms with Crippen LogP contribution in [0, 0.1) is 0 Å². The van der Waals surface area contributed by atoms with Crippen molar-refractivity contribution < 1.29 is 9.53 Å². The van der Waals surface area contributed by atoms with Crippen LogP contribution >= 0.6 is 0 Å². The third-order valence-corrected chi connectivity index (χ3v) is 4.32. The fraction of sp³-hybridized carbons (Fsp3) is 0.150. The largest absolute Gasteiger partial charge is 0.481 e. The lowest BCUT2D eigenvalue weighted by Crippen LogP contribution is -2.22. The lowest BCUT2D eigenvalue weighted by molar-refractivity contribution is 0.0963. The van der Waals surface area contributed by atoms with Crippen molar-refractivity contribution in [2.24, 2.45) is 0 Å². The Morgan fingerprint density at radius 1 is 1.28 bits per heavy atom. The van der Waals surface area contributed by atoms with Gasteiger partial charge in [-0.1, -0.05) is 6.08 Å². The van der Waals surface area contributed by atoms with E-state index in [1.807, 2.05) is 50.5 Å². The van der Waals surface area contributed by atoms with Gasteiger partial charge in [0.15, 0.2) is 0 Å². The zero-order valence-electron chi connectivity index (χ0n) is 14.1. The summed E-state index contributed by atoms with van der Waals surface area (Å²) in [5.41, 5.74) is 4.48. The van der Waals surface area contributed by atoms with Crippen LogP contribution in [0.5, 0.6) is 5.75 Å². The van der Waals surface area contributed by atoms with E-state index in [0.717, 1.165) is 28.3 Å². The van der Waals surface area contributed by atoms with E-state index in [0.29, 0.717) is 5.69 Å². The van der Waals surface area contributed by atoms with Crippen LogP contribution in [0.25, 0.3) is 5.57 Å². The Kier molecular flexibility index (Phi) is 3.69. The minimum Gasteiger partial charge on any atom is -0.481 e. The van der Waals surface area contributed by atoms with Gasteiger partial charge in [-0.15, -0.1) is 0 Å². The molecule has 1 amide bonds. The van der Waals surface area contributed by atoms with Gasteiger partial charge in [-0.3, -0.25) is 4.79 Å². The molecule has 0 spiro atoms. The van der Waals surface area contributed by atoms with Gasteiger partial charge in [0.1, 0.15) is 17.5 Å². The summed E-state index contributed by atoms with van der Waals surface area (Å²) in [5, 5.41) is 2.94. The van der Waals surface area contributed by atoms with Gasteiger partial charge < -0.3 is 19.9 Å². The third-order valence-electron chi connectivity index (χ3n) is 4.32. The molecule has 5 nitrogen and oxygen atoms in total. The van der Waals surface area contributed by atoms with Crippen LogP contribution in [0.1, 0.15) is 16.1 Å². The standard InChI is InChI=1S/C20H19N3O2/c1-23(2)14-8-9-19-16(12-14)15-11-13(5-3-7-18(15)25-19)22-20(24)17-6-4-10-21-17/h3-12,18,21H,1-2H3,(H,22,24). The number of fused-ring (bicyclic) bond motifs is 3. The molecular formula is C20H19N3O2. The molecule has 2 aromatic rings. The van der Waals surface area contributed by atoms with Crippen LogP contribution < -0.4 is 15.0 Å². The summed E-state index contributed by atoms with van der Waals surface area (Å²) in [6, 6.07) is 9.70. The Bertz CT molecular complexity index is 905. The smallest absolute Gasteiger partial charge is 0.272 e. The number of ether oxygens (including phenoxy) is 1. The Hall–Kier alpha value is -3.21. The lowest BCUT2D eigenvalue weighted by atomic mass is 10.0. The van der Waals surface area contributed by atoms with Crippen molar-refractivity contribution in [3.8, 4) is 5.75 Å². The summed E-state index contributed by atoms with van der Waals surface area (Å²) in [6.07, 6.45) is 9.37. The molecule has 1 aliphatic heterocycles. The number of nitrogens with zero attached hydrogens (tertiary/aromatic N) is 1. The molecule has 25 heavy (non-hydrogen) atoms. The van der Waals surface area contributed by atoms with Crippen molar-refractivity contribution >= 4 is 17.2 Å². The van der Waals surface area contributed by atoms with Crippen LogP contribution in [0.15, 0.2) is 66.5 Å². The second-order valence-electron chi connectivity index (χ2n) is 6.26. The fourth-order valence-electron chi connectivity index (χ4n) is 3.00. The van der Waals surface area contributed by atoms with Crippen LogP contribution in [0.3, 0.4) is 0 Å². The molecular weight excluding hydrogens is 314 g/mol. The maximum atomic E-state index is 12.3. The van der Waals surface area contributed by atoms with E-state index in [2.05, 4.69) is 21.3 Å². The second-order valence-corrected chi connectivity index (χ2v) is 6.26. The number of nitrogens with one attached hydrogen (secondary N) is 2. The molecule has 2 N–H and O–H groups in total. The van der Waals surface area contributed by atoms with E-state index in [1.165, 1.54) is 0 Å². The van der Waals surface area contributed by atoms with Crippen LogP contribution in [-0.2, 0) is 0 Å². The number of carbonyl (C=O) groups is 1. The van der Waals surface area contributed by atoms with Crippen molar-refractivity contribution in [3.63, 3.8) is 0 Å². The highest BCUT2D eigenvalue weighted by Crippen LogP contribution is 2.41. The van der Waals surface area contributed by atoms with E-state index in [1.54, 1.807) is 18.3 Å². The molecule has 1 aliphatic carbocycles. The van der Waals surface area contributed by atoms with E-state index in [9.17, 15) is 4.79 Å². The summed E-state index contributed by atoms with van der Waals surface area (Å²) in [4.78, 5) is 17.3. The molecule has 126 valence electrons. The molecule has 5 heteroatoms. The third kappa shape index (κ3) is 2.85. The fourth-order valence-corrected chi connectivity index (χ4v) is 3.00. The highest BCUT2D eigenvalue weighted by molar-refractivity contribution is 5.94. The summed E-state index contributed by atoms with van der Waals surface area (Å²) in [5.74, 6) is 0.699. The molecule has 0 saturated heterocycles. The first kappa shape index (κ1) is 15.3. The maximum absolute atomic E-state index is 12.3. The average molecular weight is 333 g/mol. The normalized spacial score (nSPS) is 17.6. The van der Waals surface area contributed by atoms with Gasteiger partial charge in [0, 0.05) is 42.8 Å². The topological polar surface area (TPSA) is 57.4 Å². The van der Waals surface area contributed by atoms with Crippen molar-refractivity contribution in [2.75, 3.05) is 19.0 Å². The zero-order valence-corrected chi connectivity index (χ0v) is 14.1. The van der Waals surface area contributed by atoms with Crippen LogP contribution in [0.4, 0.5) is 5.69 Å². The Morgan fingerprint density at radius 3 is 2.92 bits per heavy atom. The first-order valence-corrected chi connectivity index (χ1v) is 8.15. The van der Waals surface area contributed by atoms with E-state index < -0.39 is 0 Å². The Morgan fingerprint density at radius 2 is 2.16 bits per heavy atom. The molecule has 4 rings (SSSR count). The monoisotopic (exact) mass is 333 g/mol. The van der Waals surface area contributed by atoms with Crippen LogP contribution in [-0.4, -0.2) is 31.1 Å². The first-order valence-electron chi connectivity index (χ1n) is 8.15. The molecule has 0 fully saturated rings. The van der Waals surface area contributed by atoms with Gasteiger partial charge in [-0.25, -0.2) is 0 Å². The maximum Gasteiger partial charge on any atom is 0.272 e. The quantitative estimate of drug-likeness (QED) is 0.907. The minimum absolute atomic E-state index is 0.136. The summed E-state index contributed by atoms with van der Waals surface area (Å²) in [7, 11) is 4.02. The molecule has 2 heterocycles. The predicted octanol–water partition coefficient (Wildman–Crippen LogP) is 3.11. The first-order chi connectivity index (χ1) is 12.1. The highest BCUT2D eigenvalue weighted by atomic mass is 16.5. The number of anilines is 1. The Labute approximate surface area is 146 Å². The SMILES string of the molecule is CN(C)c1ccc2c(c1)C1=CC(NC(=O)c3ccc[nH]3)=CC=CC1O2. The van der Waals surface area contributed by atoms with Gasteiger partial charge in [-0.2, -0.15) is 0 Å².